The molecular formula is C12H15BrO3. The van der Waals surface area contributed by atoms with Crippen molar-refractivity contribution in [3.8, 4) is 5.75 Å². The van der Waals surface area contributed by atoms with Crippen LogP contribution in [-0.2, 0) is 4.74 Å². The highest BCUT2D eigenvalue weighted by Gasteiger charge is 2.42. The molecule has 4 heteroatoms. The maximum atomic E-state index is 9.44. The van der Waals surface area contributed by atoms with Gasteiger partial charge >= 0.3 is 0 Å². The molecule has 3 unspecified atom stereocenters. The standard InChI is InChI=1S/C12H15BrO3/c1-7-5-8(3-4-9(7)13)16-11-6-10(14)12(11)15-2/h3-5,10-12,14H,6H2,1-2H3. The Balaban J connectivity index is 2.02. The van der Waals surface area contributed by atoms with Crippen LogP contribution in [0, 0.1) is 6.92 Å². The maximum Gasteiger partial charge on any atom is 0.130 e. The van der Waals surface area contributed by atoms with Gasteiger partial charge in [0.25, 0.3) is 0 Å². The van der Waals surface area contributed by atoms with Crippen LogP contribution in [-0.4, -0.2) is 30.5 Å². The molecular weight excluding hydrogens is 272 g/mol. The van der Waals surface area contributed by atoms with Gasteiger partial charge in [0.15, 0.2) is 0 Å². The van der Waals surface area contributed by atoms with E-state index in [4.69, 9.17) is 9.47 Å². The second-order valence-electron chi connectivity index (χ2n) is 4.07. The molecule has 1 aliphatic rings. The number of halogens is 1. The van der Waals surface area contributed by atoms with Gasteiger partial charge in [-0.1, -0.05) is 15.9 Å². The average Bonchev–Trinajstić information content (AvgIpc) is 2.23. The summed E-state index contributed by atoms with van der Waals surface area (Å²) in [6.07, 6.45) is -0.00997. The molecule has 0 amide bonds. The molecule has 1 saturated carbocycles. The van der Waals surface area contributed by atoms with Crippen LogP contribution < -0.4 is 4.74 Å². The summed E-state index contributed by atoms with van der Waals surface area (Å²) < 4.78 is 12.0. The van der Waals surface area contributed by atoms with E-state index in [1.165, 1.54) is 0 Å². The quantitative estimate of drug-likeness (QED) is 0.927. The molecule has 0 saturated heterocycles. The van der Waals surface area contributed by atoms with Gasteiger partial charge in [-0.3, -0.25) is 0 Å². The Morgan fingerprint density at radius 2 is 2.19 bits per heavy atom. The number of aliphatic hydroxyl groups excluding tert-OH is 1. The Bertz CT molecular complexity index is 381. The molecule has 1 aliphatic carbocycles. The zero-order valence-electron chi connectivity index (χ0n) is 9.31. The van der Waals surface area contributed by atoms with Gasteiger partial charge in [-0.15, -0.1) is 0 Å². The molecule has 0 bridgehead atoms. The molecule has 1 N–H and O–H groups in total. The molecule has 0 aromatic heterocycles. The van der Waals surface area contributed by atoms with E-state index in [1.807, 2.05) is 25.1 Å². The average molecular weight is 287 g/mol. The lowest BCUT2D eigenvalue weighted by atomic mass is 9.88. The van der Waals surface area contributed by atoms with E-state index in [2.05, 4.69) is 15.9 Å². The summed E-state index contributed by atoms with van der Waals surface area (Å²) in [6.45, 7) is 2.01. The number of methoxy groups -OCH3 is 1. The smallest absolute Gasteiger partial charge is 0.130 e. The molecule has 2 rings (SSSR count). The number of aliphatic hydroxyl groups is 1. The Hall–Kier alpha value is -0.580. The molecule has 16 heavy (non-hydrogen) atoms. The van der Waals surface area contributed by atoms with Crippen molar-refractivity contribution >= 4 is 15.9 Å². The van der Waals surface area contributed by atoms with Crippen molar-refractivity contribution in [2.45, 2.75) is 31.7 Å². The van der Waals surface area contributed by atoms with E-state index in [-0.39, 0.29) is 12.2 Å². The first-order chi connectivity index (χ1) is 7.61. The van der Waals surface area contributed by atoms with E-state index in [0.29, 0.717) is 6.42 Å². The highest BCUT2D eigenvalue weighted by atomic mass is 79.9. The van der Waals surface area contributed by atoms with Crippen LogP contribution >= 0.6 is 15.9 Å². The second-order valence-corrected chi connectivity index (χ2v) is 4.92. The fraction of sp³-hybridized carbons (Fsp3) is 0.500. The van der Waals surface area contributed by atoms with E-state index in [0.717, 1.165) is 15.8 Å². The van der Waals surface area contributed by atoms with Crippen LogP contribution in [0.5, 0.6) is 5.75 Å². The maximum absolute atomic E-state index is 9.44. The van der Waals surface area contributed by atoms with Crippen LogP contribution in [0.25, 0.3) is 0 Å². The fourth-order valence-electron chi connectivity index (χ4n) is 1.85. The van der Waals surface area contributed by atoms with Crippen LogP contribution in [0.15, 0.2) is 22.7 Å². The van der Waals surface area contributed by atoms with Gasteiger partial charge in [-0.25, -0.2) is 0 Å². The SMILES string of the molecule is COC1C(O)CC1Oc1ccc(Br)c(C)c1. The van der Waals surface area contributed by atoms with Gasteiger partial charge in [0.2, 0.25) is 0 Å². The topological polar surface area (TPSA) is 38.7 Å². The largest absolute Gasteiger partial charge is 0.488 e. The Labute approximate surface area is 104 Å². The zero-order valence-corrected chi connectivity index (χ0v) is 10.9. The Morgan fingerprint density at radius 3 is 2.75 bits per heavy atom. The van der Waals surface area contributed by atoms with Gasteiger partial charge in [-0.05, 0) is 30.7 Å². The van der Waals surface area contributed by atoms with Crippen molar-refractivity contribution in [3.05, 3.63) is 28.2 Å². The summed E-state index contributed by atoms with van der Waals surface area (Å²) >= 11 is 3.44. The van der Waals surface area contributed by atoms with E-state index < -0.39 is 6.10 Å². The molecule has 3 nitrogen and oxygen atoms in total. The predicted molar refractivity (Wildman–Crippen MR) is 64.7 cm³/mol. The summed E-state index contributed by atoms with van der Waals surface area (Å²) in [4.78, 5) is 0. The molecule has 0 spiro atoms. The van der Waals surface area contributed by atoms with Crippen LogP contribution in [0.4, 0.5) is 0 Å². The lowest BCUT2D eigenvalue weighted by Crippen LogP contribution is -2.54. The van der Waals surface area contributed by atoms with Gasteiger partial charge in [0.1, 0.15) is 18.0 Å². The van der Waals surface area contributed by atoms with Crippen molar-refractivity contribution in [2.24, 2.45) is 0 Å². The third-order valence-electron chi connectivity index (χ3n) is 2.91. The van der Waals surface area contributed by atoms with E-state index >= 15 is 0 Å². The molecule has 1 aromatic carbocycles. The summed E-state index contributed by atoms with van der Waals surface area (Å²) in [6, 6.07) is 5.84. The molecule has 0 aliphatic heterocycles. The number of hydrogen-bond donors (Lipinski definition) is 1. The second kappa shape index (κ2) is 4.73. The normalized spacial score (nSPS) is 28.6. The third-order valence-corrected chi connectivity index (χ3v) is 3.80. The minimum atomic E-state index is -0.397. The summed E-state index contributed by atoms with van der Waals surface area (Å²) in [5, 5.41) is 9.44. The van der Waals surface area contributed by atoms with Crippen molar-refractivity contribution in [1.29, 1.82) is 0 Å². The van der Waals surface area contributed by atoms with E-state index in [9.17, 15) is 5.11 Å². The van der Waals surface area contributed by atoms with Gasteiger partial charge in [0.05, 0.1) is 6.10 Å². The number of aryl methyl sites for hydroxylation is 1. The van der Waals surface area contributed by atoms with E-state index in [1.54, 1.807) is 7.11 Å². The summed E-state index contributed by atoms with van der Waals surface area (Å²) in [5.41, 5.74) is 1.13. The Morgan fingerprint density at radius 1 is 1.44 bits per heavy atom. The highest BCUT2D eigenvalue weighted by Crippen LogP contribution is 2.30. The highest BCUT2D eigenvalue weighted by molar-refractivity contribution is 9.10. The number of ether oxygens (including phenoxy) is 2. The zero-order chi connectivity index (χ0) is 11.7. The molecule has 0 radical (unpaired) electrons. The van der Waals surface area contributed by atoms with Crippen molar-refractivity contribution in [2.75, 3.05) is 7.11 Å². The summed E-state index contributed by atoms with van der Waals surface area (Å²) in [5.74, 6) is 0.819. The Kier molecular flexibility index (Phi) is 3.52. The number of hydrogen-bond acceptors (Lipinski definition) is 3. The molecule has 88 valence electrons. The van der Waals surface area contributed by atoms with Crippen molar-refractivity contribution in [3.63, 3.8) is 0 Å². The van der Waals surface area contributed by atoms with Gasteiger partial charge in [-0.2, -0.15) is 0 Å². The van der Waals surface area contributed by atoms with Crippen molar-refractivity contribution in [1.82, 2.24) is 0 Å². The minimum absolute atomic E-state index is 0.0411. The fourth-order valence-corrected chi connectivity index (χ4v) is 2.09. The molecule has 0 heterocycles. The van der Waals surface area contributed by atoms with Crippen LogP contribution in [0.2, 0.25) is 0 Å². The van der Waals surface area contributed by atoms with Gasteiger partial charge < -0.3 is 14.6 Å². The minimum Gasteiger partial charge on any atom is -0.488 e. The lowest BCUT2D eigenvalue weighted by molar-refractivity contribution is -0.149. The monoisotopic (exact) mass is 286 g/mol. The third kappa shape index (κ3) is 2.24. The molecule has 1 fully saturated rings. The predicted octanol–water partition coefficient (Wildman–Crippen LogP) is 2.28. The first-order valence-electron chi connectivity index (χ1n) is 5.25. The van der Waals surface area contributed by atoms with Crippen molar-refractivity contribution < 1.29 is 14.6 Å². The van der Waals surface area contributed by atoms with Gasteiger partial charge in [0, 0.05) is 18.0 Å². The van der Waals surface area contributed by atoms with Crippen LogP contribution in [0.3, 0.4) is 0 Å². The number of rotatable bonds is 3. The first kappa shape index (κ1) is 11.9. The number of benzene rings is 1. The molecule has 1 aromatic rings. The lowest BCUT2D eigenvalue weighted by Gasteiger charge is -2.40. The van der Waals surface area contributed by atoms with Crippen LogP contribution in [0.1, 0.15) is 12.0 Å². The first-order valence-corrected chi connectivity index (χ1v) is 6.05. The summed E-state index contributed by atoms with van der Waals surface area (Å²) in [7, 11) is 1.59. The molecule has 3 atom stereocenters.